The van der Waals surface area contributed by atoms with Crippen molar-refractivity contribution in [3.05, 3.63) is 107 Å². The average Bonchev–Trinajstić information content (AvgIpc) is 3.55. The van der Waals surface area contributed by atoms with E-state index in [0.717, 1.165) is 39.0 Å². The smallest absolute Gasteiger partial charge is 0.174 e. The van der Waals surface area contributed by atoms with Crippen LogP contribution in [-0.4, -0.2) is 10.1 Å². The van der Waals surface area contributed by atoms with E-state index in [1.54, 1.807) is 0 Å². The maximum absolute atomic E-state index is 9.89. The maximum Gasteiger partial charge on any atom is 0.174 e. The Bertz CT molecular complexity index is 1720. The molecule has 160 valence electrons. The Kier molecular flexibility index (Phi) is 4.99. The molecule has 2 heterocycles. The maximum atomic E-state index is 9.89. The first-order chi connectivity index (χ1) is 16.8. The monoisotopic (exact) mass is 455 g/mol. The quantitative estimate of drug-likeness (QED) is 0.254. The fourth-order valence-electron chi connectivity index (χ4n) is 4.03. The lowest BCUT2D eigenvalue weighted by molar-refractivity contribution is 0.441. The Labute approximate surface area is 200 Å². The molecule has 0 atom stereocenters. The van der Waals surface area contributed by atoms with Crippen molar-refractivity contribution < 1.29 is 4.52 Å². The summed E-state index contributed by atoms with van der Waals surface area (Å²) in [7, 11) is 0. The van der Waals surface area contributed by atoms with Gasteiger partial charge in [0.25, 0.3) is 0 Å². The summed E-state index contributed by atoms with van der Waals surface area (Å²) in [6, 6.07) is 32.6. The highest BCUT2D eigenvalue weighted by atomic mass is 32.1. The van der Waals surface area contributed by atoms with Crippen LogP contribution in [0.3, 0.4) is 0 Å². The van der Waals surface area contributed by atoms with Gasteiger partial charge in [0.05, 0.1) is 16.7 Å². The molecule has 0 unspecified atom stereocenters. The van der Waals surface area contributed by atoms with Gasteiger partial charge in [-0.25, -0.2) is 4.98 Å². The number of aromatic nitrogens is 2. The summed E-state index contributed by atoms with van der Waals surface area (Å²) in [4.78, 5) is 4.77. The topological polar surface area (TPSA) is 62.7 Å². The van der Waals surface area contributed by atoms with Crippen LogP contribution in [0, 0.1) is 11.3 Å². The molecule has 34 heavy (non-hydrogen) atoms. The van der Waals surface area contributed by atoms with Crippen molar-refractivity contribution in [2.45, 2.75) is 0 Å². The van der Waals surface area contributed by atoms with Crippen LogP contribution in [0.15, 0.2) is 101 Å². The molecule has 0 aliphatic rings. The Morgan fingerprint density at radius 1 is 0.853 bits per heavy atom. The summed E-state index contributed by atoms with van der Waals surface area (Å²) in [5.74, 6) is 0.720. The minimum atomic E-state index is 0.522. The van der Waals surface area contributed by atoms with Crippen LogP contribution >= 0.6 is 11.3 Å². The minimum Gasteiger partial charge on any atom is -0.355 e. The van der Waals surface area contributed by atoms with Crippen molar-refractivity contribution in [1.29, 1.82) is 5.26 Å². The lowest BCUT2D eigenvalue weighted by atomic mass is 10.0. The molecule has 4 aromatic carbocycles. The first kappa shape index (κ1) is 20.1. The highest BCUT2D eigenvalue weighted by Crippen LogP contribution is 2.32. The molecular weight excluding hydrogens is 438 g/mol. The van der Waals surface area contributed by atoms with Crippen LogP contribution < -0.4 is 0 Å². The summed E-state index contributed by atoms with van der Waals surface area (Å²) < 4.78 is 5.61. The first-order valence-corrected chi connectivity index (χ1v) is 11.7. The number of nitriles is 1. The van der Waals surface area contributed by atoms with Gasteiger partial charge in [0.1, 0.15) is 16.6 Å². The van der Waals surface area contributed by atoms with Gasteiger partial charge >= 0.3 is 0 Å². The van der Waals surface area contributed by atoms with Crippen LogP contribution in [0.5, 0.6) is 0 Å². The van der Waals surface area contributed by atoms with Crippen molar-refractivity contribution in [3.63, 3.8) is 0 Å². The molecule has 0 saturated heterocycles. The van der Waals surface area contributed by atoms with Crippen molar-refractivity contribution in [1.82, 2.24) is 10.1 Å². The third kappa shape index (κ3) is 3.66. The van der Waals surface area contributed by atoms with E-state index in [1.165, 1.54) is 22.1 Å². The summed E-state index contributed by atoms with van der Waals surface area (Å²) in [6.45, 7) is 0. The fraction of sp³-hybridized carbons (Fsp3) is 0. The van der Waals surface area contributed by atoms with E-state index in [0.29, 0.717) is 10.6 Å². The fourth-order valence-corrected chi connectivity index (χ4v) is 4.83. The van der Waals surface area contributed by atoms with Crippen molar-refractivity contribution in [2.24, 2.45) is 0 Å². The van der Waals surface area contributed by atoms with Gasteiger partial charge < -0.3 is 4.52 Å². The standard InChI is InChI=1S/C29H17N3OS/c30-17-24(29-31-27(18-34-29)23-12-11-20-6-4-5-9-22(20)16-23)14-19-10-13-26-25(15-19)28(33-32-26)21-7-2-1-3-8-21/h1-16,18H/b24-14+. The summed E-state index contributed by atoms with van der Waals surface area (Å²) in [5, 5.41) is 20.0. The van der Waals surface area contributed by atoms with Gasteiger partial charge in [0, 0.05) is 16.5 Å². The van der Waals surface area contributed by atoms with E-state index in [1.807, 2.05) is 72.1 Å². The Balaban J connectivity index is 1.36. The molecule has 0 spiro atoms. The number of allylic oxidation sites excluding steroid dienone is 1. The van der Waals surface area contributed by atoms with E-state index < -0.39 is 0 Å². The van der Waals surface area contributed by atoms with E-state index in [2.05, 4.69) is 41.6 Å². The van der Waals surface area contributed by atoms with Crippen molar-refractivity contribution in [3.8, 4) is 28.7 Å². The summed E-state index contributed by atoms with van der Waals surface area (Å²) >= 11 is 1.47. The van der Waals surface area contributed by atoms with Gasteiger partial charge in [0.15, 0.2) is 5.76 Å². The summed E-state index contributed by atoms with van der Waals surface area (Å²) in [5.41, 5.74) is 5.07. The zero-order chi connectivity index (χ0) is 22.9. The Morgan fingerprint density at radius 2 is 1.68 bits per heavy atom. The normalized spacial score (nSPS) is 11.7. The second-order valence-corrected chi connectivity index (χ2v) is 8.78. The Morgan fingerprint density at radius 3 is 2.53 bits per heavy atom. The average molecular weight is 456 g/mol. The molecule has 0 radical (unpaired) electrons. The van der Waals surface area contributed by atoms with Gasteiger partial charge in [-0.1, -0.05) is 78.0 Å². The largest absolute Gasteiger partial charge is 0.355 e. The third-order valence-electron chi connectivity index (χ3n) is 5.75. The first-order valence-electron chi connectivity index (χ1n) is 10.8. The van der Waals surface area contributed by atoms with Crippen LogP contribution in [0.1, 0.15) is 10.6 Å². The second kappa shape index (κ2) is 8.43. The predicted molar refractivity (Wildman–Crippen MR) is 138 cm³/mol. The highest BCUT2D eigenvalue weighted by molar-refractivity contribution is 7.11. The number of rotatable bonds is 4. The predicted octanol–water partition coefficient (Wildman–Crippen LogP) is 7.84. The highest BCUT2D eigenvalue weighted by Gasteiger charge is 2.13. The van der Waals surface area contributed by atoms with Gasteiger partial charge in [0.2, 0.25) is 0 Å². The molecule has 5 heteroatoms. The molecular formula is C29H17N3OS. The van der Waals surface area contributed by atoms with Gasteiger partial charge in [-0.2, -0.15) is 5.26 Å². The lowest BCUT2D eigenvalue weighted by Crippen LogP contribution is -1.84. The molecule has 0 aliphatic heterocycles. The van der Waals surface area contributed by atoms with Crippen LogP contribution in [-0.2, 0) is 0 Å². The molecule has 0 N–H and O–H groups in total. The molecule has 0 saturated carbocycles. The van der Waals surface area contributed by atoms with Crippen LogP contribution in [0.4, 0.5) is 0 Å². The molecule has 2 aromatic heterocycles. The number of fused-ring (bicyclic) bond motifs is 2. The SMILES string of the molecule is N#C/C(=C\c1ccc2noc(-c3ccccc3)c2c1)c1nc(-c2ccc3ccccc3c2)cs1. The molecule has 0 aliphatic carbocycles. The molecule has 0 fully saturated rings. The zero-order valence-corrected chi connectivity index (χ0v) is 18.8. The number of hydrogen-bond donors (Lipinski definition) is 0. The minimum absolute atomic E-state index is 0.522. The van der Waals surface area contributed by atoms with Crippen LogP contribution in [0.25, 0.3) is 55.9 Å². The molecule has 6 rings (SSSR count). The Hall–Kier alpha value is -4.53. The van der Waals surface area contributed by atoms with E-state index in [9.17, 15) is 5.26 Å². The molecule has 0 amide bonds. The van der Waals surface area contributed by atoms with E-state index >= 15 is 0 Å². The van der Waals surface area contributed by atoms with Gasteiger partial charge in [-0.3, -0.25) is 0 Å². The van der Waals surface area contributed by atoms with Crippen LogP contribution in [0.2, 0.25) is 0 Å². The van der Waals surface area contributed by atoms with Crippen molar-refractivity contribution in [2.75, 3.05) is 0 Å². The molecule has 6 aromatic rings. The third-order valence-corrected chi connectivity index (χ3v) is 6.62. The molecule has 0 bridgehead atoms. The number of hydrogen-bond acceptors (Lipinski definition) is 5. The van der Waals surface area contributed by atoms with Crippen molar-refractivity contribution >= 4 is 44.7 Å². The van der Waals surface area contributed by atoms with Gasteiger partial charge in [-0.05, 0) is 40.6 Å². The summed E-state index contributed by atoms with van der Waals surface area (Å²) in [6.07, 6.45) is 1.87. The number of benzene rings is 4. The zero-order valence-electron chi connectivity index (χ0n) is 18.0. The number of nitrogens with zero attached hydrogens (tertiary/aromatic N) is 3. The number of thiazole rings is 1. The molecule has 4 nitrogen and oxygen atoms in total. The lowest BCUT2D eigenvalue weighted by Gasteiger charge is -2.01. The van der Waals surface area contributed by atoms with Gasteiger partial charge in [-0.15, -0.1) is 11.3 Å². The second-order valence-electron chi connectivity index (χ2n) is 7.92. The van der Waals surface area contributed by atoms with E-state index in [4.69, 9.17) is 9.51 Å². The van der Waals surface area contributed by atoms with E-state index in [-0.39, 0.29) is 0 Å².